The van der Waals surface area contributed by atoms with Crippen molar-refractivity contribution in [1.29, 1.82) is 0 Å². The Balaban J connectivity index is 2.17. The lowest BCUT2D eigenvalue weighted by atomic mass is 9.96. The van der Waals surface area contributed by atoms with Crippen LogP contribution < -0.4 is 5.32 Å². The van der Waals surface area contributed by atoms with Crippen molar-refractivity contribution in [3.63, 3.8) is 0 Å². The molecule has 0 bridgehead atoms. The van der Waals surface area contributed by atoms with Gasteiger partial charge < -0.3 is 10.4 Å². The smallest absolute Gasteiger partial charge is 0.133 e. The second-order valence-corrected chi connectivity index (χ2v) is 4.12. The van der Waals surface area contributed by atoms with Crippen LogP contribution in [0.1, 0.15) is 29.9 Å². The summed E-state index contributed by atoms with van der Waals surface area (Å²) in [6.45, 7) is 2.34. The lowest BCUT2D eigenvalue weighted by molar-refractivity contribution is 0.350. The van der Waals surface area contributed by atoms with Crippen LogP contribution in [0.25, 0.3) is 0 Å². The molecule has 0 saturated carbocycles. The molecule has 2 rings (SSSR count). The number of nitrogens with zero attached hydrogens (tertiary/aromatic N) is 2. The van der Waals surface area contributed by atoms with Crippen LogP contribution in [0.3, 0.4) is 0 Å². The average Bonchev–Trinajstić information content (AvgIpc) is 2.34. The zero-order valence-electron chi connectivity index (χ0n) is 10.1. The van der Waals surface area contributed by atoms with Crippen LogP contribution in [-0.4, -0.2) is 28.2 Å². The quantitative estimate of drug-likeness (QED) is 0.748. The maximum Gasteiger partial charge on any atom is 0.133 e. The number of rotatable bonds is 2. The molecule has 0 aliphatic heterocycles. The summed E-state index contributed by atoms with van der Waals surface area (Å²) < 4.78 is 0. The minimum atomic E-state index is -0.0947. The minimum absolute atomic E-state index is 0.0947. The normalized spacial score (nSPS) is 13.5. The number of hydrogen-bond donors (Lipinski definition) is 2. The highest BCUT2D eigenvalue weighted by Crippen LogP contribution is 2.25. The van der Waals surface area contributed by atoms with Crippen molar-refractivity contribution in [2.24, 2.45) is 0 Å². The third kappa shape index (κ3) is 2.95. The number of aliphatic hydroxyl groups excluding tert-OH is 1. The van der Waals surface area contributed by atoms with Crippen molar-refractivity contribution in [3.8, 4) is 11.8 Å². The second kappa shape index (κ2) is 5.65. The number of nitrogens with one attached hydrogen (secondary N) is 1. The van der Waals surface area contributed by atoms with E-state index < -0.39 is 0 Å². The fourth-order valence-corrected chi connectivity index (χ4v) is 2.11. The number of aliphatic hydroxyl groups is 1. The molecule has 1 aliphatic rings. The van der Waals surface area contributed by atoms with Gasteiger partial charge in [0.25, 0.3) is 0 Å². The van der Waals surface area contributed by atoms with Crippen LogP contribution in [0.2, 0.25) is 0 Å². The Kier molecular flexibility index (Phi) is 3.94. The second-order valence-electron chi connectivity index (χ2n) is 4.12. The zero-order chi connectivity index (χ0) is 12.1. The van der Waals surface area contributed by atoms with E-state index in [1.54, 1.807) is 0 Å². The molecule has 4 nitrogen and oxygen atoms in total. The summed E-state index contributed by atoms with van der Waals surface area (Å²) in [6, 6.07) is 0. The fourth-order valence-electron chi connectivity index (χ4n) is 2.11. The van der Waals surface area contributed by atoms with Gasteiger partial charge in [0.15, 0.2) is 0 Å². The van der Waals surface area contributed by atoms with E-state index in [0.29, 0.717) is 6.54 Å². The number of anilines is 1. The topological polar surface area (TPSA) is 58.0 Å². The molecule has 0 saturated heterocycles. The molecule has 0 spiro atoms. The van der Waals surface area contributed by atoms with Gasteiger partial charge in [0, 0.05) is 11.3 Å². The Labute approximate surface area is 101 Å². The van der Waals surface area contributed by atoms with Gasteiger partial charge in [-0.05, 0) is 32.6 Å². The number of aryl methyl sites for hydroxylation is 2. The number of fused-ring (bicyclic) bond motifs is 1. The lowest BCUT2D eigenvalue weighted by Crippen LogP contribution is -2.14. The third-order valence-electron chi connectivity index (χ3n) is 2.84. The van der Waals surface area contributed by atoms with Gasteiger partial charge in [-0.2, -0.15) is 0 Å². The molecule has 1 aliphatic carbocycles. The standard InChI is InChI=1S/C13H17N3O/c1-10-15-12-7-3-2-6-11(12)13(16-10)14-8-4-5-9-17/h17H,2-3,6-9H2,1H3,(H,14,15,16). The summed E-state index contributed by atoms with van der Waals surface area (Å²) in [5.41, 5.74) is 2.43. The van der Waals surface area contributed by atoms with Gasteiger partial charge in [0.2, 0.25) is 0 Å². The van der Waals surface area contributed by atoms with E-state index in [1.165, 1.54) is 24.1 Å². The van der Waals surface area contributed by atoms with E-state index >= 15 is 0 Å². The van der Waals surface area contributed by atoms with E-state index in [2.05, 4.69) is 27.1 Å². The summed E-state index contributed by atoms with van der Waals surface area (Å²) in [5, 5.41) is 11.8. The Hall–Kier alpha value is -1.60. The minimum Gasteiger partial charge on any atom is -0.384 e. The fraction of sp³-hybridized carbons (Fsp3) is 0.538. The molecule has 1 heterocycles. The largest absolute Gasteiger partial charge is 0.384 e. The van der Waals surface area contributed by atoms with E-state index in [9.17, 15) is 0 Å². The number of hydrogen-bond acceptors (Lipinski definition) is 4. The van der Waals surface area contributed by atoms with Crippen LogP contribution in [0.4, 0.5) is 5.82 Å². The molecule has 0 fully saturated rings. The van der Waals surface area contributed by atoms with Gasteiger partial charge in [-0.1, -0.05) is 11.8 Å². The first-order valence-electron chi connectivity index (χ1n) is 5.98. The summed E-state index contributed by atoms with van der Waals surface area (Å²) >= 11 is 0. The third-order valence-corrected chi connectivity index (χ3v) is 2.84. The molecule has 17 heavy (non-hydrogen) atoms. The average molecular weight is 231 g/mol. The number of aromatic nitrogens is 2. The van der Waals surface area contributed by atoms with Gasteiger partial charge in [-0.3, -0.25) is 0 Å². The van der Waals surface area contributed by atoms with Crippen molar-refractivity contribution >= 4 is 5.82 Å². The molecule has 4 heteroatoms. The van der Waals surface area contributed by atoms with Crippen molar-refractivity contribution in [2.75, 3.05) is 18.5 Å². The maximum atomic E-state index is 8.57. The Bertz CT molecular complexity index is 460. The first-order valence-corrected chi connectivity index (χ1v) is 5.98. The molecule has 0 aromatic carbocycles. The summed E-state index contributed by atoms with van der Waals surface area (Å²) in [4.78, 5) is 8.92. The predicted molar refractivity (Wildman–Crippen MR) is 66.8 cm³/mol. The molecule has 0 unspecified atom stereocenters. The molecular formula is C13H17N3O. The van der Waals surface area contributed by atoms with Crippen molar-refractivity contribution in [3.05, 3.63) is 17.1 Å². The highest BCUT2D eigenvalue weighted by Gasteiger charge is 2.16. The van der Waals surface area contributed by atoms with Gasteiger partial charge in [0.05, 0.1) is 6.54 Å². The van der Waals surface area contributed by atoms with Crippen molar-refractivity contribution in [1.82, 2.24) is 9.97 Å². The molecule has 0 radical (unpaired) electrons. The molecular weight excluding hydrogens is 214 g/mol. The molecule has 2 N–H and O–H groups in total. The van der Waals surface area contributed by atoms with Crippen LogP contribution in [0.15, 0.2) is 0 Å². The monoisotopic (exact) mass is 231 g/mol. The first kappa shape index (κ1) is 11.9. The maximum absolute atomic E-state index is 8.57. The Morgan fingerprint density at radius 1 is 1.24 bits per heavy atom. The summed E-state index contributed by atoms with van der Waals surface area (Å²) in [5.74, 6) is 7.18. The van der Waals surface area contributed by atoms with E-state index in [-0.39, 0.29) is 6.61 Å². The molecule has 0 amide bonds. The van der Waals surface area contributed by atoms with Gasteiger partial charge >= 0.3 is 0 Å². The Morgan fingerprint density at radius 3 is 2.88 bits per heavy atom. The van der Waals surface area contributed by atoms with Gasteiger partial charge in [-0.15, -0.1) is 0 Å². The molecule has 1 aromatic rings. The van der Waals surface area contributed by atoms with Gasteiger partial charge in [0.1, 0.15) is 18.2 Å². The zero-order valence-corrected chi connectivity index (χ0v) is 10.1. The molecule has 1 aromatic heterocycles. The Morgan fingerprint density at radius 2 is 2.06 bits per heavy atom. The van der Waals surface area contributed by atoms with Crippen molar-refractivity contribution in [2.45, 2.75) is 32.6 Å². The summed E-state index contributed by atoms with van der Waals surface area (Å²) in [6.07, 6.45) is 4.52. The molecule has 0 atom stereocenters. The van der Waals surface area contributed by atoms with E-state index in [0.717, 1.165) is 24.5 Å². The van der Waals surface area contributed by atoms with E-state index in [1.807, 2.05) is 6.92 Å². The highest BCUT2D eigenvalue weighted by molar-refractivity contribution is 5.48. The predicted octanol–water partition coefficient (Wildman–Crippen LogP) is 1.07. The lowest BCUT2D eigenvalue weighted by Gasteiger charge is -2.18. The van der Waals surface area contributed by atoms with Crippen molar-refractivity contribution < 1.29 is 5.11 Å². The van der Waals surface area contributed by atoms with Crippen LogP contribution in [0, 0.1) is 18.8 Å². The summed E-state index contributed by atoms with van der Waals surface area (Å²) in [7, 11) is 0. The highest BCUT2D eigenvalue weighted by atomic mass is 16.2. The first-order chi connectivity index (χ1) is 8.31. The van der Waals surface area contributed by atoms with Crippen LogP contribution >= 0.6 is 0 Å². The van der Waals surface area contributed by atoms with Crippen LogP contribution in [0.5, 0.6) is 0 Å². The van der Waals surface area contributed by atoms with Gasteiger partial charge in [-0.25, -0.2) is 9.97 Å². The van der Waals surface area contributed by atoms with Crippen LogP contribution in [-0.2, 0) is 12.8 Å². The molecule has 90 valence electrons. The van der Waals surface area contributed by atoms with E-state index in [4.69, 9.17) is 5.11 Å². The SMILES string of the molecule is Cc1nc2c(c(NCC#CCO)n1)CCCC2.